The summed E-state index contributed by atoms with van der Waals surface area (Å²) < 4.78 is 27.2. The summed E-state index contributed by atoms with van der Waals surface area (Å²) in [4.78, 5) is 4.27. The molecule has 21 heavy (non-hydrogen) atoms. The van der Waals surface area contributed by atoms with Crippen LogP contribution in [0.3, 0.4) is 0 Å². The topological polar surface area (TPSA) is 74.1 Å². The van der Waals surface area contributed by atoms with Gasteiger partial charge >= 0.3 is 0 Å². The molecule has 0 saturated carbocycles. The summed E-state index contributed by atoms with van der Waals surface area (Å²) in [5.41, 5.74) is 0. The molecule has 6 nitrogen and oxygen atoms in total. The number of aliphatic imine (C=N–C) groups is 1. The first-order chi connectivity index (χ1) is 9.92. The van der Waals surface area contributed by atoms with Gasteiger partial charge in [-0.25, -0.2) is 18.1 Å². The Morgan fingerprint density at radius 1 is 1.57 bits per heavy atom. The van der Waals surface area contributed by atoms with Crippen LogP contribution in [0.1, 0.15) is 13.8 Å². The minimum absolute atomic E-state index is 0.0926. The lowest BCUT2D eigenvalue weighted by Gasteiger charge is -2.18. The molecule has 0 aromatic heterocycles. The fraction of sp³-hybridized carbons (Fsp3) is 0.385. The number of rotatable bonds is 3. The molecule has 0 fully saturated rings. The average Bonchev–Trinajstić information content (AvgIpc) is 2.85. The van der Waals surface area contributed by atoms with Crippen LogP contribution in [0.25, 0.3) is 0 Å². The third kappa shape index (κ3) is 3.95. The summed E-state index contributed by atoms with van der Waals surface area (Å²) in [6, 6.07) is 6.08. The van der Waals surface area contributed by atoms with E-state index in [1.54, 1.807) is 23.4 Å². The second kappa shape index (κ2) is 6.44. The number of hydrogen-bond donors (Lipinski definition) is 1. The van der Waals surface area contributed by atoms with Gasteiger partial charge in [0.2, 0.25) is 5.96 Å². The molecule has 0 bridgehead atoms. The smallest absolute Gasteiger partial charge is 0.251 e. The molecule has 0 aliphatic carbocycles. The molecule has 1 aliphatic rings. The lowest BCUT2D eigenvalue weighted by molar-refractivity contribution is 0.444. The highest BCUT2D eigenvalue weighted by Crippen LogP contribution is 2.16. The van der Waals surface area contributed by atoms with Crippen molar-refractivity contribution in [3.8, 4) is 0 Å². The van der Waals surface area contributed by atoms with Gasteiger partial charge in [-0.3, -0.25) is 4.99 Å². The van der Waals surface area contributed by atoms with Gasteiger partial charge in [0.05, 0.1) is 11.4 Å². The van der Waals surface area contributed by atoms with Crippen LogP contribution >= 0.6 is 11.6 Å². The van der Waals surface area contributed by atoms with Crippen LogP contribution in [-0.2, 0) is 10.0 Å². The maximum Gasteiger partial charge on any atom is 0.264 e. The Labute approximate surface area is 129 Å². The highest BCUT2D eigenvalue weighted by atomic mass is 35.5. The Morgan fingerprint density at radius 3 is 2.90 bits per heavy atom. The van der Waals surface area contributed by atoms with Crippen LogP contribution in [0.4, 0.5) is 0 Å². The molecule has 1 aliphatic heterocycles. The van der Waals surface area contributed by atoms with Gasteiger partial charge in [-0.05, 0) is 25.1 Å². The van der Waals surface area contributed by atoms with E-state index in [-0.39, 0.29) is 16.8 Å². The summed E-state index contributed by atoms with van der Waals surface area (Å²) in [5.74, 6) is 0.473. The van der Waals surface area contributed by atoms with Gasteiger partial charge in [0.1, 0.15) is 0 Å². The molecular weight excluding hydrogens is 312 g/mol. The lowest BCUT2D eigenvalue weighted by Crippen LogP contribution is -2.41. The Hall–Kier alpha value is -1.60. The van der Waals surface area contributed by atoms with Crippen LogP contribution < -0.4 is 4.72 Å². The molecular formula is C13H17ClN4O2S. The first-order valence-electron chi connectivity index (χ1n) is 6.57. The zero-order chi connectivity index (χ0) is 15.5. The highest BCUT2D eigenvalue weighted by Gasteiger charge is 2.23. The minimum Gasteiger partial charge on any atom is -0.251 e. The van der Waals surface area contributed by atoms with Crippen molar-refractivity contribution in [1.82, 2.24) is 9.73 Å². The normalized spacial score (nSPS) is 19.1. The molecule has 1 N–H and O–H groups in total. The number of benzene rings is 1. The van der Waals surface area contributed by atoms with E-state index in [1.807, 2.05) is 13.8 Å². The van der Waals surface area contributed by atoms with E-state index in [4.69, 9.17) is 11.6 Å². The molecule has 0 amide bonds. The van der Waals surface area contributed by atoms with E-state index in [0.29, 0.717) is 18.1 Å². The monoisotopic (exact) mass is 328 g/mol. The number of nitrogens with one attached hydrogen (secondary N) is 1. The van der Waals surface area contributed by atoms with Gasteiger partial charge in [0, 0.05) is 23.7 Å². The van der Waals surface area contributed by atoms with Crippen LogP contribution in [0.15, 0.2) is 39.3 Å². The summed E-state index contributed by atoms with van der Waals surface area (Å²) in [7, 11) is -3.74. The van der Waals surface area contributed by atoms with E-state index >= 15 is 0 Å². The zero-order valence-electron chi connectivity index (χ0n) is 11.8. The van der Waals surface area contributed by atoms with Crippen molar-refractivity contribution in [2.24, 2.45) is 16.0 Å². The maximum atomic E-state index is 12.4. The number of hydrazone groups is 1. The van der Waals surface area contributed by atoms with Crippen LogP contribution in [0, 0.1) is 5.92 Å². The third-order valence-corrected chi connectivity index (χ3v) is 4.37. The first-order valence-corrected chi connectivity index (χ1v) is 8.43. The van der Waals surface area contributed by atoms with Gasteiger partial charge in [-0.15, -0.1) is 0 Å². The quantitative estimate of drug-likeness (QED) is 0.680. The van der Waals surface area contributed by atoms with Crippen molar-refractivity contribution in [3.05, 3.63) is 29.3 Å². The Morgan fingerprint density at radius 2 is 2.33 bits per heavy atom. The second-order valence-electron chi connectivity index (χ2n) is 4.68. The van der Waals surface area contributed by atoms with Gasteiger partial charge in [0.15, 0.2) is 0 Å². The molecule has 2 rings (SSSR count). The zero-order valence-corrected chi connectivity index (χ0v) is 13.4. The molecule has 0 saturated heterocycles. The van der Waals surface area contributed by atoms with Crippen molar-refractivity contribution < 1.29 is 8.42 Å². The van der Waals surface area contributed by atoms with E-state index in [0.717, 1.165) is 0 Å². The minimum atomic E-state index is -3.74. The molecule has 1 aromatic carbocycles. The summed E-state index contributed by atoms with van der Waals surface area (Å²) in [6.45, 7) is 4.88. The van der Waals surface area contributed by atoms with Gasteiger partial charge in [0.25, 0.3) is 10.0 Å². The molecule has 1 heterocycles. The SMILES string of the molecule is CCN=C(NS(=O)(=O)c1cccc(Cl)c1)N1CC(C)C=N1. The molecule has 1 atom stereocenters. The number of nitrogens with zero attached hydrogens (tertiary/aromatic N) is 3. The molecule has 8 heteroatoms. The fourth-order valence-electron chi connectivity index (χ4n) is 1.83. The third-order valence-electron chi connectivity index (χ3n) is 2.81. The van der Waals surface area contributed by atoms with E-state index < -0.39 is 10.0 Å². The Balaban J connectivity index is 2.24. The van der Waals surface area contributed by atoms with Crippen LogP contribution in [0.2, 0.25) is 5.02 Å². The number of halogens is 1. The molecule has 1 aromatic rings. The standard InChI is InChI=1S/C13H17ClN4O2S/c1-3-15-13(18-9-10(2)8-16-18)17-21(19,20)12-6-4-5-11(14)7-12/h4-8,10H,3,9H2,1-2H3,(H,15,17). The number of sulfonamides is 1. The molecule has 0 radical (unpaired) electrons. The van der Waals surface area contributed by atoms with Gasteiger partial charge in [-0.1, -0.05) is 24.6 Å². The van der Waals surface area contributed by atoms with Gasteiger partial charge < -0.3 is 0 Å². The second-order valence-corrected chi connectivity index (χ2v) is 6.80. The fourth-order valence-corrected chi connectivity index (χ4v) is 3.16. The maximum absolute atomic E-state index is 12.4. The van der Waals surface area contributed by atoms with Gasteiger partial charge in [-0.2, -0.15) is 5.10 Å². The summed E-state index contributed by atoms with van der Waals surface area (Å²) in [6.07, 6.45) is 1.76. The highest BCUT2D eigenvalue weighted by molar-refractivity contribution is 7.90. The van der Waals surface area contributed by atoms with Crippen LogP contribution in [-0.4, -0.2) is 38.7 Å². The predicted molar refractivity (Wildman–Crippen MR) is 84.1 cm³/mol. The Kier molecular flexibility index (Phi) is 4.84. The molecule has 1 unspecified atom stereocenters. The van der Waals surface area contributed by atoms with E-state index in [2.05, 4.69) is 14.8 Å². The summed E-state index contributed by atoms with van der Waals surface area (Å²) in [5, 5.41) is 6.07. The molecule has 114 valence electrons. The number of hydrogen-bond acceptors (Lipinski definition) is 4. The first kappa shape index (κ1) is 15.8. The van der Waals surface area contributed by atoms with E-state index in [9.17, 15) is 8.42 Å². The Bertz CT molecular complexity index is 673. The van der Waals surface area contributed by atoms with Crippen molar-refractivity contribution in [1.29, 1.82) is 0 Å². The predicted octanol–water partition coefficient (Wildman–Crippen LogP) is 1.93. The largest absolute Gasteiger partial charge is 0.264 e. The molecule has 0 spiro atoms. The van der Waals surface area contributed by atoms with Crippen molar-refractivity contribution in [3.63, 3.8) is 0 Å². The van der Waals surface area contributed by atoms with Crippen molar-refractivity contribution >= 4 is 33.8 Å². The van der Waals surface area contributed by atoms with E-state index in [1.165, 1.54) is 12.1 Å². The van der Waals surface area contributed by atoms with Crippen molar-refractivity contribution in [2.45, 2.75) is 18.7 Å². The van der Waals surface area contributed by atoms with Crippen molar-refractivity contribution in [2.75, 3.05) is 13.1 Å². The lowest BCUT2D eigenvalue weighted by atomic mass is 10.2. The average molecular weight is 329 g/mol. The number of guanidine groups is 1. The van der Waals surface area contributed by atoms with Crippen LogP contribution in [0.5, 0.6) is 0 Å². The summed E-state index contributed by atoms with van der Waals surface area (Å²) >= 11 is 5.84.